The third-order valence-electron chi connectivity index (χ3n) is 2.74. The summed E-state index contributed by atoms with van der Waals surface area (Å²) in [6, 6.07) is 12.2. The third-order valence-corrected chi connectivity index (χ3v) is 3.81. The van der Waals surface area contributed by atoms with Gasteiger partial charge < -0.3 is 15.2 Å². The van der Waals surface area contributed by atoms with E-state index in [1.165, 1.54) is 0 Å². The predicted octanol–water partition coefficient (Wildman–Crippen LogP) is 4.50. The van der Waals surface area contributed by atoms with Crippen molar-refractivity contribution in [2.75, 3.05) is 18.5 Å². The first kappa shape index (κ1) is 16.2. The van der Waals surface area contributed by atoms with Crippen LogP contribution in [-0.2, 0) is 0 Å². The number of aliphatic hydroxyl groups is 1. The molecule has 21 heavy (non-hydrogen) atoms. The number of anilines is 1. The van der Waals surface area contributed by atoms with Gasteiger partial charge in [-0.1, -0.05) is 40.9 Å². The predicted molar refractivity (Wildman–Crippen MR) is 87.9 cm³/mol. The Morgan fingerprint density at radius 2 is 1.76 bits per heavy atom. The monoisotopic (exact) mass is 345 g/mol. The van der Waals surface area contributed by atoms with Crippen molar-refractivity contribution in [1.82, 2.24) is 0 Å². The summed E-state index contributed by atoms with van der Waals surface area (Å²) in [5, 5.41) is 14.5. The molecule has 0 heterocycles. The van der Waals surface area contributed by atoms with E-state index in [2.05, 4.69) is 5.32 Å². The van der Waals surface area contributed by atoms with Gasteiger partial charge in [0.25, 0.3) is 0 Å². The van der Waals surface area contributed by atoms with E-state index in [9.17, 15) is 5.11 Å². The van der Waals surface area contributed by atoms with Crippen molar-refractivity contribution in [3.8, 4) is 5.75 Å². The zero-order valence-electron chi connectivity index (χ0n) is 11.0. The number of hydrogen-bond acceptors (Lipinski definition) is 3. The number of aliphatic hydroxyl groups excluding tert-OH is 1. The molecule has 112 valence electrons. The Morgan fingerprint density at radius 3 is 2.48 bits per heavy atom. The first-order chi connectivity index (χ1) is 10.1. The van der Waals surface area contributed by atoms with Crippen LogP contribution in [0.4, 0.5) is 5.69 Å². The molecular formula is C15H14Cl3NO2. The molecule has 2 N–H and O–H groups in total. The Bertz CT molecular complexity index is 590. The Labute approximate surface area is 138 Å². The molecule has 1 unspecified atom stereocenters. The molecule has 0 bridgehead atoms. The molecule has 0 amide bonds. The second-order valence-electron chi connectivity index (χ2n) is 4.40. The second-order valence-corrected chi connectivity index (χ2v) is 5.62. The summed E-state index contributed by atoms with van der Waals surface area (Å²) >= 11 is 17.7. The quantitative estimate of drug-likeness (QED) is 0.809. The fourth-order valence-corrected chi connectivity index (χ4v) is 2.14. The molecule has 0 aromatic heterocycles. The molecule has 2 aromatic rings. The summed E-state index contributed by atoms with van der Waals surface area (Å²) in [6.45, 7) is 0.459. The highest BCUT2D eigenvalue weighted by Crippen LogP contribution is 2.29. The van der Waals surface area contributed by atoms with Crippen LogP contribution in [0.25, 0.3) is 0 Å². The van der Waals surface area contributed by atoms with E-state index in [4.69, 9.17) is 39.5 Å². The van der Waals surface area contributed by atoms with Gasteiger partial charge in [0.15, 0.2) is 0 Å². The first-order valence-electron chi connectivity index (χ1n) is 6.30. The van der Waals surface area contributed by atoms with Gasteiger partial charge in [0.05, 0.1) is 15.7 Å². The zero-order valence-corrected chi connectivity index (χ0v) is 13.3. The maximum atomic E-state index is 9.90. The number of ether oxygens (including phenoxy) is 1. The van der Waals surface area contributed by atoms with E-state index in [1.807, 2.05) is 0 Å². The van der Waals surface area contributed by atoms with Crippen LogP contribution in [0.3, 0.4) is 0 Å². The van der Waals surface area contributed by atoms with E-state index in [1.54, 1.807) is 42.5 Å². The molecule has 0 fully saturated rings. The summed E-state index contributed by atoms with van der Waals surface area (Å²) in [7, 11) is 0. The minimum Gasteiger partial charge on any atom is -0.491 e. The SMILES string of the molecule is OC(CNc1cccc(Cl)c1Cl)COc1ccc(Cl)cc1. The third kappa shape index (κ3) is 4.97. The van der Waals surface area contributed by atoms with E-state index in [-0.39, 0.29) is 6.61 Å². The Kier molecular flexibility index (Phi) is 6.00. The number of halogens is 3. The molecule has 0 saturated heterocycles. The average Bonchev–Trinajstić information content (AvgIpc) is 2.48. The molecule has 0 aliphatic carbocycles. The number of benzene rings is 2. The van der Waals surface area contributed by atoms with Gasteiger partial charge in [-0.25, -0.2) is 0 Å². The van der Waals surface area contributed by atoms with Gasteiger partial charge in [-0.3, -0.25) is 0 Å². The number of hydrogen-bond donors (Lipinski definition) is 2. The van der Waals surface area contributed by atoms with Crippen LogP contribution in [0.5, 0.6) is 5.75 Å². The van der Waals surface area contributed by atoms with Gasteiger partial charge >= 0.3 is 0 Å². The van der Waals surface area contributed by atoms with E-state index in [0.717, 1.165) is 0 Å². The van der Waals surface area contributed by atoms with Crippen LogP contribution < -0.4 is 10.1 Å². The lowest BCUT2D eigenvalue weighted by Gasteiger charge is -2.15. The van der Waals surface area contributed by atoms with Crippen molar-refractivity contribution >= 4 is 40.5 Å². The van der Waals surface area contributed by atoms with E-state index >= 15 is 0 Å². The Morgan fingerprint density at radius 1 is 1.05 bits per heavy atom. The summed E-state index contributed by atoms with van der Waals surface area (Å²) < 4.78 is 5.46. The summed E-state index contributed by atoms with van der Waals surface area (Å²) in [6.07, 6.45) is -0.685. The first-order valence-corrected chi connectivity index (χ1v) is 7.44. The van der Waals surface area contributed by atoms with Gasteiger partial charge in [0, 0.05) is 11.6 Å². The van der Waals surface area contributed by atoms with Crippen molar-refractivity contribution < 1.29 is 9.84 Å². The molecule has 3 nitrogen and oxygen atoms in total. The molecule has 0 saturated carbocycles. The van der Waals surface area contributed by atoms with Crippen molar-refractivity contribution in [3.05, 3.63) is 57.5 Å². The summed E-state index contributed by atoms with van der Waals surface area (Å²) in [5.74, 6) is 0.652. The maximum absolute atomic E-state index is 9.90. The topological polar surface area (TPSA) is 41.5 Å². The van der Waals surface area contributed by atoms with Crippen molar-refractivity contribution in [3.63, 3.8) is 0 Å². The summed E-state index contributed by atoms with van der Waals surface area (Å²) in [4.78, 5) is 0. The normalized spacial score (nSPS) is 12.0. The highest BCUT2D eigenvalue weighted by Gasteiger charge is 2.08. The zero-order chi connectivity index (χ0) is 15.2. The van der Waals surface area contributed by atoms with Crippen molar-refractivity contribution in [1.29, 1.82) is 0 Å². The Hall–Kier alpha value is -1.13. The van der Waals surface area contributed by atoms with Crippen LogP contribution in [0.15, 0.2) is 42.5 Å². The molecular weight excluding hydrogens is 333 g/mol. The molecule has 0 spiro atoms. The lowest BCUT2D eigenvalue weighted by atomic mass is 10.3. The maximum Gasteiger partial charge on any atom is 0.119 e. The van der Waals surface area contributed by atoms with Crippen molar-refractivity contribution in [2.45, 2.75) is 6.10 Å². The fraction of sp³-hybridized carbons (Fsp3) is 0.200. The largest absolute Gasteiger partial charge is 0.491 e. The second kappa shape index (κ2) is 7.76. The molecule has 2 aromatic carbocycles. The fourth-order valence-electron chi connectivity index (χ4n) is 1.65. The van der Waals surface area contributed by atoms with Crippen LogP contribution >= 0.6 is 34.8 Å². The van der Waals surface area contributed by atoms with E-state index < -0.39 is 6.10 Å². The van der Waals surface area contributed by atoms with Gasteiger partial charge in [-0.2, -0.15) is 0 Å². The standard InChI is InChI=1S/C15H14Cl3NO2/c16-10-4-6-12(7-5-10)21-9-11(20)8-19-14-3-1-2-13(17)15(14)18/h1-7,11,19-20H,8-9H2. The van der Waals surface area contributed by atoms with Gasteiger partial charge in [-0.15, -0.1) is 0 Å². The van der Waals surface area contributed by atoms with Crippen LogP contribution in [0, 0.1) is 0 Å². The summed E-state index contributed by atoms with van der Waals surface area (Å²) in [5.41, 5.74) is 0.676. The molecule has 1 atom stereocenters. The number of nitrogens with one attached hydrogen (secondary N) is 1. The van der Waals surface area contributed by atoms with Crippen LogP contribution in [0.2, 0.25) is 15.1 Å². The average molecular weight is 347 g/mol. The van der Waals surface area contributed by atoms with E-state index in [0.29, 0.717) is 33.0 Å². The molecule has 6 heteroatoms. The van der Waals surface area contributed by atoms with Crippen LogP contribution in [-0.4, -0.2) is 24.4 Å². The molecule has 0 aliphatic rings. The highest BCUT2D eigenvalue weighted by atomic mass is 35.5. The molecule has 2 rings (SSSR count). The number of rotatable bonds is 6. The lowest BCUT2D eigenvalue weighted by Crippen LogP contribution is -2.26. The van der Waals surface area contributed by atoms with Crippen LogP contribution in [0.1, 0.15) is 0 Å². The molecule has 0 aliphatic heterocycles. The van der Waals surface area contributed by atoms with Crippen molar-refractivity contribution in [2.24, 2.45) is 0 Å². The van der Waals surface area contributed by atoms with Gasteiger partial charge in [0.2, 0.25) is 0 Å². The smallest absolute Gasteiger partial charge is 0.119 e. The minimum atomic E-state index is -0.685. The minimum absolute atomic E-state index is 0.160. The molecule has 0 radical (unpaired) electrons. The Balaban J connectivity index is 1.80. The van der Waals surface area contributed by atoms with Gasteiger partial charge in [0.1, 0.15) is 18.5 Å². The van der Waals surface area contributed by atoms with Gasteiger partial charge in [-0.05, 0) is 36.4 Å². The highest BCUT2D eigenvalue weighted by molar-refractivity contribution is 6.43. The lowest BCUT2D eigenvalue weighted by molar-refractivity contribution is 0.117.